The van der Waals surface area contributed by atoms with Crippen LogP contribution in [0.2, 0.25) is 0 Å². The molecule has 0 aliphatic carbocycles. The average molecular weight is 438 g/mol. The summed E-state index contributed by atoms with van der Waals surface area (Å²) in [6, 6.07) is 9.33. The van der Waals surface area contributed by atoms with E-state index < -0.39 is 0 Å². The second kappa shape index (κ2) is 8.97. The number of hydrogen-bond acceptors (Lipinski definition) is 4. The van der Waals surface area contributed by atoms with Crippen molar-refractivity contribution in [3.63, 3.8) is 0 Å². The molecule has 0 unspecified atom stereocenters. The molecule has 1 aromatic carbocycles. The SMILES string of the molecule is Cc1cc(Br)cc(SN2CCC(C(=O)NCc3ccc(F)cn3)CC2)c1. The van der Waals surface area contributed by atoms with E-state index in [1.807, 2.05) is 0 Å². The topological polar surface area (TPSA) is 45.2 Å². The van der Waals surface area contributed by atoms with Crippen LogP contribution in [0.5, 0.6) is 0 Å². The molecule has 1 saturated heterocycles. The number of benzene rings is 1. The largest absolute Gasteiger partial charge is 0.350 e. The number of amides is 1. The van der Waals surface area contributed by atoms with Gasteiger partial charge in [0.2, 0.25) is 5.91 Å². The van der Waals surface area contributed by atoms with Gasteiger partial charge < -0.3 is 5.32 Å². The van der Waals surface area contributed by atoms with Gasteiger partial charge in [0, 0.05) is 28.4 Å². The van der Waals surface area contributed by atoms with Crippen LogP contribution in [0.1, 0.15) is 24.1 Å². The number of piperidine rings is 1. The number of halogens is 2. The smallest absolute Gasteiger partial charge is 0.223 e. The molecule has 0 radical (unpaired) electrons. The number of nitrogens with zero attached hydrogens (tertiary/aromatic N) is 2. The highest BCUT2D eigenvalue weighted by atomic mass is 79.9. The number of hydrogen-bond donors (Lipinski definition) is 1. The van der Waals surface area contributed by atoms with Gasteiger partial charge in [-0.25, -0.2) is 8.70 Å². The van der Waals surface area contributed by atoms with E-state index in [0.29, 0.717) is 12.2 Å². The molecule has 7 heteroatoms. The highest BCUT2D eigenvalue weighted by Gasteiger charge is 2.25. The minimum atomic E-state index is -0.370. The van der Waals surface area contributed by atoms with Crippen LogP contribution in [0, 0.1) is 18.7 Å². The highest BCUT2D eigenvalue weighted by Crippen LogP contribution is 2.30. The Morgan fingerprint density at radius 1 is 1.35 bits per heavy atom. The fraction of sp³-hybridized carbons (Fsp3) is 0.368. The molecule has 138 valence electrons. The molecule has 0 spiro atoms. The first-order valence-corrected chi connectivity index (χ1v) is 10.1. The van der Waals surface area contributed by atoms with Gasteiger partial charge in [-0.1, -0.05) is 15.9 Å². The molecule has 4 nitrogen and oxygen atoms in total. The standard InChI is InChI=1S/C19H21BrFN3OS/c1-13-8-15(20)10-18(9-13)26-24-6-4-14(5-7-24)19(25)23-12-17-3-2-16(21)11-22-17/h2-3,8-11,14H,4-7,12H2,1H3,(H,23,25). The zero-order valence-corrected chi connectivity index (χ0v) is 16.9. The van der Waals surface area contributed by atoms with Crippen molar-refractivity contribution in [3.8, 4) is 0 Å². The monoisotopic (exact) mass is 437 g/mol. The number of carbonyl (C=O) groups excluding carboxylic acids is 1. The summed E-state index contributed by atoms with van der Waals surface area (Å²) in [5.74, 6) is -0.291. The predicted octanol–water partition coefficient (Wildman–Crippen LogP) is 4.33. The third kappa shape index (κ3) is 5.53. The van der Waals surface area contributed by atoms with Gasteiger partial charge in [-0.2, -0.15) is 0 Å². The van der Waals surface area contributed by atoms with Gasteiger partial charge in [-0.3, -0.25) is 9.78 Å². The summed E-state index contributed by atoms with van der Waals surface area (Å²) in [6.07, 6.45) is 2.84. The molecular formula is C19H21BrFN3OS. The Morgan fingerprint density at radius 2 is 2.12 bits per heavy atom. The molecule has 26 heavy (non-hydrogen) atoms. The van der Waals surface area contributed by atoms with Crippen LogP contribution in [0.15, 0.2) is 45.9 Å². The lowest BCUT2D eigenvalue weighted by atomic mass is 9.97. The molecule has 0 bridgehead atoms. The van der Waals surface area contributed by atoms with Gasteiger partial charge in [-0.05, 0) is 67.6 Å². The molecule has 1 aliphatic rings. The van der Waals surface area contributed by atoms with Crippen molar-refractivity contribution < 1.29 is 9.18 Å². The van der Waals surface area contributed by atoms with Crippen molar-refractivity contribution in [2.75, 3.05) is 13.1 Å². The van der Waals surface area contributed by atoms with Crippen LogP contribution in [-0.4, -0.2) is 28.3 Å². The Morgan fingerprint density at radius 3 is 2.77 bits per heavy atom. The number of nitrogens with one attached hydrogen (secondary N) is 1. The summed E-state index contributed by atoms with van der Waals surface area (Å²) < 4.78 is 16.3. The summed E-state index contributed by atoms with van der Waals surface area (Å²) >= 11 is 5.28. The van der Waals surface area contributed by atoms with E-state index in [9.17, 15) is 9.18 Å². The van der Waals surface area contributed by atoms with Crippen LogP contribution in [-0.2, 0) is 11.3 Å². The Balaban J connectivity index is 1.45. The molecule has 0 saturated carbocycles. The summed E-state index contributed by atoms with van der Waals surface area (Å²) in [7, 11) is 0. The quantitative estimate of drug-likeness (QED) is 0.707. The lowest BCUT2D eigenvalue weighted by Gasteiger charge is -2.30. The molecule has 1 N–H and O–H groups in total. The van der Waals surface area contributed by atoms with E-state index in [-0.39, 0.29) is 17.6 Å². The number of pyridine rings is 1. The fourth-order valence-electron chi connectivity index (χ4n) is 2.95. The highest BCUT2D eigenvalue weighted by molar-refractivity contribution is 9.10. The molecule has 3 rings (SSSR count). The van der Waals surface area contributed by atoms with Gasteiger partial charge in [0.15, 0.2) is 0 Å². The number of aromatic nitrogens is 1. The summed E-state index contributed by atoms with van der Waals surface area (Å²) in [5.41, 5.74) is 1.89. The molecule has 1 aliphatic heterocycles. The number of aryl methyl sites for hydroxylation is 1. The van der Waals surface area contributed by atoms with Gasteiger partial charge >= 0.3 is 0 Å². The zero-order chi connectivity index (χ0) is 18.5. The van der Waals surface area contributed by atoms with Gasteiger partial charge in [0.05, 0.1) is 18.4 Å². The Bertz CT molecular complexity index is 744. The van der Waals surface area contributed by atoms with Crippen LogP contribution >= 0.6 is 27.9 Å². The predicted molar refractivity (Wildman–Crippen MR) is 105 cm³/mol. The third-order valence-electron chi connectivity index (χ3n) is 4.31. The zero-order valence-electron chi connectivity index (χ0n) is 14.5. The molecule has 2 heterocycles. The Labute approximate surface area is 165 Å². The lowest BCUT2D eigenvalue weighted by Crippen LogP contribution is -2.38. The second-order valence-electron chi connectivity index (χ2n) is 6.44. The normalized spacial score (nSPS) is 15.8. The maximum absolute atomic E-state index is 12.9. The van der Waals surface area contributed by atoms with E-state index in [1.165, 1.54) is 22.7 Å². The number of rotatable bonds is 5. The van der Waals surface area contributed by atoms with Crippen molar-refractivity contribution >= 4 is 33.8 Å². The van der Waals surface area contributed by atoms with Crippen molar-refractivity contribution in [2.45, 2.75) is 31.2 Å². The van der Waals surface area contributed by atoms with Crippen LogP contribution in [0.25, 0.3) is 0 Å². The van der Waals surface area contributed by atoms with Crippen LogP contribution in [0.4, 0.5) is 4.39 Å². The van der Waals surface area contributed by atoms with Crippen molar-refractivity contribution in [2.24, 2.45) is 5.92 Å². The summed E-state index contributed by atoms with van der Waals surface area (Å²) in [4.78, 5) is 17.5. The van der Waals surface area contributed by atoms with Gasteiger partial charge in [-0.15, -0.1) is 0 Å². The van der Waals surface area contributed by atoms with Crippen LogP contribution < -0.4 is 5.32 Å². The molecule has 2 aromatic rings. The van der Waals surface area contributed by atoms with Gasteiger partial charge in [0.1, 0.15) is 5.82 Å². The van der Waals surface area contributed by atoms with E-state index in [0.717, 1.165) is 30.4 Å². The molecule has 0 atom stereocenters. The maximum Gasteiger partial charge on any atom is 0.223 e. The third-order valence-corrected chi connectivity index (χ3v) is 5.83. The molecule has 1 aromatic heterocycles. The first kappa shape index (κ1) is 19.3. The minimum Gasteiger partial charge on any atom is -0.350 e. The lowest BCUT2D eigenvalue weighted by molar-refractivity contribution is -0.126. The Kier molecular flexibility index (Phi) is 6.67. The van der Waals surface area contributed by atoms with E-state index in [4.69, 9.17) is 0 Å². The molecular weight excluding hydrogens is 417 g/mol. The van der Waals surface area contributed by atoms with Crippen molar-refractivity contribution in [1.29, 1.82) is 0 Å². The van der Waals surface area contributed by atoms with Crippen LogP contribution in [0.3, 0.4) is 0 Å². The number of carbonyl (C=O) groups is 1. The molecule has 1 amide bonds. The second-order valence-corrected chi connectivity index (χ2v) is 8.53. The summed E-state index contributed by atoms with van der Waals surface area (Å²) in [5, 5.41) is 2.91. The van der Waals surface area contributed by atoms with Gasteiger partial charge in [0.25, 0.3) is 0 Å². The average Bonchev–Trinajstić information content (AvgIpc) is 2.61. The van der Waals surface area contributed by atoms with Crippen molar-refractivity contribution in [3.05, 3.63) is 58.1 Å². The van der Waals surface area contributed by atoms with Crippen molar-refractivity contribution in [1.82, 2.24) is 14.6 Å². The van der Waals surface area contributed by atoms with E-state index in [1.54, 1.807) is 18.0 Å². The first-order chi connectivity index (χ1) is 12.5. The Hall–Kier alpha value is -1.44. The van der Waals surface area contributed by atoms with E-state index in [2.05, 4.69) is 55.7 Å². The molecule has 1 fully saturated rings. The minimum absolute atomic E-state index is 0.0246. The fourth-order valence-corrected chi connectivity index (χ4v) is 4.82. The summed E-state index contributed by atoms with van der Waals surface area (Å²) in [6.45, 7) is 4.18. The first-order valence-electron chi connectivity index (χ1n) is 8.58. The van der Waals surface area contributed by atoms with E-state index >= 15 is 0 Å². The maximum atomic E-state index is 12.9.